The largest absolute Gasteiger partial charge is 0.491 e. The van der Waals surface area contributed by atoms with Gasteiger partial charge in [-0.2, -0.15) is 0 Å². The molecule has 1 aliphatic heterocycles. The van der Waals surface area contributed by atoms with Crippen molar-refractivity contribution < 1.29 is 22.7 Å². The first-order valence-electron chi connectivity index (χ1n) is 10.4. The summed E-state index contributed by atoms with van der Waals surface area (Å²) in [7, 11) is -3.84. The van der Waals surface area contributed by atoms with Gasteiger partial charge in [0.25, 0.3) is 15.9 Å². The third kappa shape index (κ3) is 6.25. The fourth-order valence-corrected chi connectivity index (χ4v) is 4.57. The maximum Gasteiger partial charge on any atom is 0.261 e. The van der Waals surface area contributed by atoms with Crippen molar-refractivity contribution in [3.63, 3.8) is 0 Å². The highest BCUT2D eigenvalue weighted by Gasteiger charge is 2.17. The average molecular weight is 487 g/mol. The molecular weight excluding hydrogens is 464 g/mol. The third-order valence-corrected chi connectivity index (χ3v) is 6.71. The van der Waals surface area contributed by atoms with E-state index < -0.39 is 10.0 Å². The van der Waals surface area contributed by atoms with Gasteiger partial charge in [0.05, 0.1) is 11.0 Å². The Hall–Kier alpha value is -3.07. The predicted molar refractivity (Wildman–Crippen MR) is 128 cm³/mol. The minimum absolute atomic E-state index is 0.0214. The Morgan fingerprint density at radius 1 is 1.03 bits per heavy atom. The zero-order valence-corrected chi connectivity index (χ0v) is 19.2. The van der Waals surface area contributed by atoms with Gasteiger partial charge in [-0.25, -0.2) is 8.42 Å². The highest BCUT2D eigenvalue weighted by molar-refractivity contribution is 7.92. The van der Waals surface area contributed by atoms with Crippen LogP contribution in [0.4, 0.5) is 11.4 Å². The molecule has 7 nitrogen and oxygen atoms in total. The minimum atomic E-state index is -3.84. The van der Waals surface area contributed by atoms with Gasteiger partial charge >= 0.3 is 0 Å². The standard InChI is InChI=1S/C24H23ClN2O5S/c25-18-8-10-19(11-9-18)27-33(29,30)23-5-1-3-20(15-23)26-24(28)17-6-12-21(13-7-17)32-16-22-4-2-14-31-22/h1,3,5-13,15,22,27H,2,4,14,16H2,(H,26,28). The van der Waals surface area contributed by atoms with Gasteiger partial charge < -0.3 is 14.8 Å². The van der Waals surface area contributed by atoms with E-state index in [1.165, 1.54) is 12.1 Å². The van der Waals surface area contributed by atoms with Crippen molar-refractivity contribution in [3.05, 3.63) is 83.4 Å². The van der Waals surface area contributed by atoms with Crippen molar-refractivity contribution in [1.29, 1.82) is 0 Å². The molecule has 33 heavy (non-hydrogen) atoms. The lowest BCUT2D eigenvalue weighted by atomic mass is 10.2. The summed E-state index contributed by atoms with van der Waals surface area (Å²) >= 11 is 5.84. The van der Waals surface area contributed by atoms with Crippen LogP contribution >= 0.6 is 11.6 Å². The first-order chi connectivity index (χ1) is 15.9. The molecule has 1 atom stereocenters. The predicted octanol–water partition coefficient (Wildman–Crippen LogP) is 4.95. The molecule has 1 fully saturated rings. The van der Waals surface area contributed by atoms with Gasteiger partial charge in [0.1, 0.15) is 12.4 Å². The second kappa shape index (κ2) is 10.2. The summed E-state index contributed by atoms with van der Waals surface area (Å²) in [4.78, 5) is 12.6. The smallest absolute Gasteiger partial charge is 0.261 e. The van der Waals surface area contributed by atoms with Gasteiger partial charge in [0, 0.05) is 28.6 Å². The highest BCUT2D eigenvalue weighted by Crippen LogP contribution is 2.22. The van der Waals surface area contributed by atoms with Crippen LogP contribution in [0.1, 0.15) is 23.2 Å². The fraction of sp³-hybridized carbons (Fsp3) is 0.208. The maximum absolute atomic E-state index is 12.7. The molecular formula is C24H23ClN2O5S. The van der Waals surface area contributed by atoms with E-state index in [0.29, 0.717) is 34.3 Å². The van der Waals surface area contributed by atoms with E-state index in [-0.39, 0.29) is 16.9 Å². The number of ether oxygens (including phenoxy) is 2. The van der Waals surface area contributed by atoms with Gasteiger partial charge in [-0.05, 0) is 79.6 Å². The molecule has 0 saturated carbocycles. The molecule has 3 aromatic rings. The summed E-state index contributed by atoms with van der Waals surface area (Å²) in [5.74, 6) is 0.296. The molecule has 0 aliphatic carbocycles. The number of nitrogens with one attached hydrogen (secondary N) is 2. The molecule has 0 bridgehead atoms. The first kappa shape index (κ1) is 23.1. The Morgan fingerprint density at radius 2 is 1.79 bits per heavy atom. The van der Waals surface area contributed by atoms with Crippen molar-refractivity contribution in [3.8, 4) is 5.75 Å². The van der Waals surface area contributed by atoms with Crippen LogP contribution in [0.5, 0.6) is 5.75 Å². The number of sulfonamides is 1. The van der Waals surface area contributed by atoms with E-state index in [0.717, 1.165) is 19.4 Å². The number of carbonyl (C=O) groups excluding carboxylic acids is 1. The lowest BCUT2D eigenvalue weighted by molar-refractivity contribution is 0.0679. The number of amides is 1. The molecule has 1 aliphatic rings. The molecule has 2 N–H and O–H groups in total. The second-order valence-electron chi connectivity index (χ2n) is 7.56. The Labute approximate surface area is 197 Å². The van der Waals surface area contributed by atoms with Gasteiger partial charge in [0.15, 0.2) is 0 Å². The fourth-order valence-electron chi connectivity index (χ4n) is 3.34. The molecule has 1 heterocycles. The molecule has 3 aromatic carbocycles. The van der Waals surface area contributed by atoms with Crippen LogP contribution in [0.3, 0.4) is 0 Å². The SMILES string of the molecule is O=C(Nc1cccc(S(=O)(=O)Nc2ccc(Cl)cc2)c1)c1ccc(OCC2CCCO2)cc1. The van der Waals surface area contributed by atoms with Crippen molar-refractivity contribution in [1.82, 2.24) is 0 Å². The Balaban J connectivity index is 1.39. The zero-order chi connectivity index (χ0) is 23.3. The molecule has 0 aromatic heterocycles. The normalized spacial score (nSPS) is 15.7. The van der Waals surface area contributed by atoms with E-state index >= 15 is 0 Å². The number of carbonyl (C=O) groups is 1. The molecule has 172 valence electrons. The minimum Gasteiger partial charge on any atom is -0.491 e. The number of hydrogen-bond donors (Lipinski definition) is 2. The number of hydrogen-bond acceptors (Lipinski definition) is 5. The summed E-state index contributed by atoms with van der Waals surface area (Å²) in [6.07, 6.45) is 2.16. The quantitative estimate of drug-likeness (QED) is 0.469. The zero-order valence-electron chi connectivity index (χ0n) is 17.7. The number of benzene rings is 3. The van der Waals surface area contributed by atoms with Crippen LogP contribution in [-0.2, 0) is 14.8 Å². The van der Waals surface area contributed by atoms with Gasteiger partial charge in [-0.1, -0.05) is 17.7 Å². The van der Waals surface area contributed by atoms with Gasteiger partial charge in [0.2, 0.25) is 0 Å². The lowest BCUT2D eigenvalue weighted by Gasteiger charge is -2.12. The molecule has 1 unspecified atom stereocenters. The van der Waals surface area contributed by atoms with Crippen LogP contribution in [0.2, 0.25) is 5.02 Å². The van der Waals surface area contributed by atoms with Crippen molar-refractivity contribution in [2.24, 2.45) is 0 Å². The second-order valence-corrected chi connectivity index (χ2v) is 9.68. The van der Waals surface area contributed by atoms with E-state index in [1.54, 1.807) is 60.7 Å². The van der Waals surface area contributed by atoms with Gasteiger partial charge in [-0.3, -0.25) is 9.52 Å². The average Bonchev–Trinajstić information content (AvgIpc) is 3.33. The highest BCUT2D eigenvalue weighted by atomic mass is 35.5. The summed E-state index contributed by atoms with van der Waals surface area (Å²) in [5, 5.41) is 3.23. The van der Waals surface area contributed by atoms with E-state index in [1.807, 2.05) is 0 Å². The Morgan fingerprint density at radius 3 is 2.48 bits per heavy atom. The topological polar surface area (TPSA) is 93.7 Å². The third-order valence-electron chi connectivity index (χ3n) is 5.08. The molecule has 0 spiro atoms. The summed E-state index contributed by atoms with van der Waals surface area (Å²) in [6.45, 7) is 1.25. The number of anilines is 2. The molecule has 0 radical (unpaired) electrons. The van der Waals surface area contributed by atoms with Crippen LogP contribution < -0.4 is 14.8 Å². The molecule has 9 heteroatoms. The number of halogens is 1. The van der Waals surface area contributed by atoms with Crippen LogP contribution in [-0.4, -0.2) is 33.6 Å². The Bertz CT molecular complexity index is 1210. The van der Waals surface area contributed by atoms with E-state index in [9.17, 15) is 13.2 Å². The van der Waals surface area contributed by atoms with E-state index in [2.05, 4.69) is 10.0 Å². The van der Waals surface area contributed by atoms with E-state index in [4.69, 9.17) is 21.1 Å². The lowest BCUT2D eigenvalue weighted by Crippen LogP contribution is -2.16. The van der Waals surface area contributed by atoms with Crippen LogP contribution in [0.25, 0.3) is 0 Å². The molecule has 4 rings (SSSR count). The van der Waals surface area contributed by atoms with Gasteiger partial charge in [-0.15, -0.1) is 0 Å². The van der Waals surface area contributed by atoms with Crippen LogP contribution in [0.15, 0.2) is 77.7 Å². The van der Waals surface area contributed by atoms with Crippen molar-refractivity contribution in [2.75, 3.05) is 23.3 Å². The molecule has 1 saturated heterocycles. The summed E-state index contributed by atoms with van der Waals surface area (Å²) in [5.41, 5.74) is 1.17. The first-order valence-corrected chi connectivity index (χ1v) is 12.3. The van der Waals surface area contributed by atoms with Crippen LogP contribution in [0, 0.1) is 0 Å². The molecule has 1 amide bonds. The summed E-state index contributed by atoms with van der Waals surface area (Å²) < 4.78 is 39.2. The maximum atomic E-state index is 12.7. The van der Waals surface area contributed by atoms with Crippen molar-refractivity contribution in [2.45, 2.75) is 23.8 Å². The number of rotatable bonds is 8. The Kier molecular flexibility index (Phi) is 7.17. The summed E-state index contributed by atoms with van der Waals surface area (Å²) in [6, 6.07) is 19.1. The monoisotopic (exact) mass is 486 g/mol. The van der Waals surface area contributed by atoms with Crippen molar-refractivity contribution >= 4 is 38.9 Å².